The summed E-state index contributed by atoms with van der Waals surface area (Å²) in [6, 6.07) is 9.01. The van der Waals surface area contributed by atoms with E-state index in [2.05, 4.69) is 25.4 Å². The van der Waals surface area contributed by atoms with Gasteiger partial charge in [0, 0.05) is 17.6 Å². The summed E-state index contributed by atoms with van der Waals surface area (Å²) < 4.78 is 12.2. The fourth-order valence-corrected chi connectivity index (χ4v) is 3.16. The Kier molecular flexibility index (Phi) is 5.35. The number of carbonyl (C=O) groups excluding carboxylic acids is 1. The third kappa shape index (κ3) is 4.15. The molecule has 32 heavy (non-hydrogen) atoms. The summed E-state index contributed by atoms with van der Waals surface area (Å²) in [7, 11) is 1.54. The van der Waals surface area contributed by atoms with Crippen LogP contribution >= 0.6 is 0 Å². The number of carbonyl (C=O) groups is 1. The normalized spacial score (nSPS) is 11.4. The number of hydrogen-bond acceptors (Lipinski definition) is 9. The van der Waals surface area contributed by atoms with Crippen molar-refractivity contribution in [1.29, 1.82) is 0 Å². The van der Waals surface area contributed by atoms with E-state index >= 15 is 0 Å². The molecule has 0 bridgehead atoms. The van der Waals surface area contributed by atoms with Gasteiger partial charge >= 0.3 is 6.09 Å². The van der Waals surface area contributed by atoms with E-state index in [-0.39, 0.29) is 0 Å². The van der Waals surface area contributed by atoms with Gasteiger partial charge in [-0.25, -0.2) is 14.8 Å². The molecule has 3 N–H and O–H groups in total. The van der Waals surface area contributed by atoms with Crippen molar-refractivity contribution in [3.63, 3.8) is 0 Å². The average molecular weight is 433 g/mol. The average Bonchev–Trinajstić information content (AvgIpc) is 3.15. The van der Waals surface area contributed by atoms with E-state index in [4.69, 9.17) is 15.2 Å². The van der Waals surface area contributed by atoms with E-state index in [1.165, 1.54) is 18.1 Å². The molecule has 0 aliphatic carbocycles. The first kappa shape index (κ1) is 21.0. The molecule has 4 aromatic rings. The summed E-state index contributed by atoms with van der Waals surface area (Å²) in [6.45, 7) is 5.39. The number of fused-ring (bicyclic) bond motifs is 1. The Morgan fingerprint density at radius 3 is 2.66 bits per heavy atom. The van der Waals surface area contributed by atoms with E-state index < -0.39 is 11.7 Å². The number of methoxy groups -OCH3 is 1. The number of aromatic nitrogens is 5. The van der Waals surface area contributed by atoms with Crippen molar-refractivity contribution in [2.75, 3.05) is 18.2 Å². The minimum absolute atomic E-state index is 0.291. The summed E-state index contributed by atoms with van der Waals surface area (Å²) in [5, 5.41) is 8.15. The second-order valence-corrected chi connectivity index (χ2v) is 7.97. The fourth-order valence-electron chi connectivity index (χ4n) is 3.16. The third-order valence-corrected chi connectivity index (χ3v) is 4.51. The Morgan fingerprint density at radius 1 is 1.16 bits per heavy atom. The summed E-state index contributed by atoms with van der Waals surface area (Å²) in [5.74, 6) is 1.24. The Balaban J connectivity index is 1.76. The van der Waals surface area contributed by atoms with E-state index in [9.17, 15) is 4.79 Å². The second kappa shape index (κ2) is 8.14. The smallest absolute Gasteiger partial charge is 0.435 e. The summed E-state index contributed by atoms with van der Waals surface area (Å²) in [5.41, 5.74) is 7.84. The molecule has 10 nitrogen and oxygen atoms in total. The zero-order valence-electron chi connectivity index (χ0n) is 18.2. The Labute approximate surface area is 184 Å². The highest BCUT2D eigenvalue weighted by Crippen LogP contribution is 2.36. The van der Waals surface area contributed by atoms with Crippen LogP contribution in [0.1, 0.15) is 20.8 Å². The lowest BCUT2D eigenvalue weighted by Crippen LogP contribution is -2.27. The summed E-state index contributed by atoms with van der Waals surface area (Å²) >= 11 is 0. The molecule has 10 heteroatoms. The number of hydrogen-bond donors (Lipinski definition) is 2. The molecule has 0 aliphatic heterocycles. The SMILES string of the molecule is COc1cc2c(cnn2C(=O)OC(C)(C)C)cc1Nc1ncnc(N)c1-c1ccccn1. The van der Waals surface area contributed by atoms with Crippen molar-refractivity contribution in [3.8, 4) is 17.0 Å². The first-order chi connectivity index (χ1) is 15.3. The van der Waals surface area contributed by atoms with Gasteiger partial charge in [0.25, 0.3) is 0 Å². The van der Waals surface area contributed by atoms with Gasteiger partial charge in [0.15, 0.2) is 0 Å². The maximum atomic E-state index is 12.5. The van der Waals surface area contributed by atoms with E-state index in [0.29, 0.717) is 45.2 Å². The lowest BCUT2D eigenvalue weighted by molar-refractivity contribution is 0.0522. The van der Waals surface area contributed by atoms with Crippen LogP contribution in [0, 0.1) is 0 Å². The Hall–Kier alpha value is -4.21. The number of benzene rings is 1. The van der Waals surface area contributed by atoms with Gasteiger partial charge in [-0.2, -0.15) is 9.78 Å². The monoisotopic (exact) mass is 433 g/mol. The zero-order valence-corrected chi connectivity index (χ0v) is 18.2. The zero-order chi connectivity index (χ0) is 22.9. The minimum Gasteiger partial charge on any atom is -0.494 e. The number of ether oxygens (including phenoxy) is 2. The molecule has 0 aliphatic rings. The van der Waals surface area contributed by atoms with Gasteiger partial charge in [0.2, 0.25) is 0 Å². The minimum atomic E-state index is -0.643. The van der Waals surface area contributed by atoms with Crippen molar-refractivity contribution in [2.45, 2.75) is 26.4 Å². The first-order valence-corrected chi connectivity index (χ1v) is 9.85. The number of nitrogens with one attached hydrogen (secondary N) is 1. The van der Waals surface area contributed by atoms with Gasteiger partial charge in [-0.3, -0.25) is 4.98 Å². The first-order valence-electron chi connectivity index (χ1n) is 9.85. The predicted molar refractivity (Wildman–Crippen MR) is 121 cm³/mol. The van der Waals surface area contributed by atoms with Gasteiger partial charge in [0.1, 0.15) is 29.3 Å². The molecule has 0 atom stereocenters. The third-order valence-electron chi connectivity index (χ3n) is 4.51. The quantitative estimate of drug-likeness (QED) is 0.490. The molecule has 0 spiro atoms. The molecule has 0 radical (unpaired) electrons. The molecule has 3 heterocycles. The molecule has 0 fully saturated rings. The number of anilines is 3. The molecule has 3 aromatic heterocycles. The highest BCUT2D eigenvalue weighted by atomic mass is 16.6. The maximum absolute atomic E-state index is 12.5. The van der Waals surface area contributed by atoms with Crippen LogP contribution < -0.4 is 15.8 Å². The van der Waals surface area contributed by atoms with Gasteiger partial charge in [-0.15, -0.1) is 0 Å². The van der Waals surface area contributed by atoms with Gasteiger partial charge in [-0.05, 0) is 39.0 Å². The van der Waals surface area contributed by atoms with Crippen molar-refractivity contribution < 1.29 is 14.3 Å². The van der Waals surface area contributed by atoms with E-state index in [0.717, 1.165) is 0 Å². The number of pyridine rings is 1. The van der Waals surface area contributed by atoms with Crippen molar-refractivity contribution >= 4 is 34.3 Å². The van der Waals surface area contributed by atoms with Crippen LogP contribution in [-0.2, 0) is 4.74 Å². The van der Waals surface area contributed by atoms with Crippen LogP contribution in [0.5, 0.6) is 5.75 Å². The van der Waals surface area contributed by atoms with Gasteiger partial charge in [0.05, 0.1) is 35.8 Å². The van der Waals surface area contributed by atoms with Crippen LogP contribution in [0.4, 0.5) is 22.1 Å². The Bertz CT molecular complexity index is 1280. The van der Waals surface area contributed by atoms with Gasteiger partial charge < -0.3 is 20.5 Å². The fraction of sp³-hybridized carbons (Fsp3) is 0.227. The molecule has 0 unspecified atom stereocenters. The molecular weight excluding hydrogens is 410 g/mol. The topological polar surface area (TPSA) is 130 Å². The molecule has 0 saturated heterocycles. The standard InChI is InChI=1S/C22H23N7O3/c1-22(2,3)32-21(30)29-16-10-17(31-4)15(9-13(16)11-27-29)28-20-18(19(23)25-12-26-20)14-7-5-6-8-24-14/h5-12H,1-4H3,(H3,23,25,26,28). The largest absolute Gasteiger partial charge is 0.494 e. The molecule has 164 valence electrons. The summed E-state index contributed by atoms with van der Waals surface area (Å²) in [6.07, 6.45) is 4.05. The van der Waals surface area contributed by atoms with Crippen molar-refractivity contribution in [3.05, 3.63) is 49.1 Å². The van der Waals surface area contributed by atoms with Crippen LogP contribution in [0.15, 0.2) is 49.1 Å². The van der Waals surface area contributed by atoms with Gasteiger partial charge in [-0.1, -0.05) is 6.07 Å². The Morgan fingerprint density at radius 2 is 1.97 bits per heavy atom. The highest BCUT2D eigenvalue weighted by molar-refractivity contribution is 5.93. The number of rotatable bonds is 4. The van der Waals surface area contributed by atoms with E-state index in [1.807, 2.05) is 24.3 Å². The number of nitrogen functional groups attached to an aromatic ring is 1. The van der Waals surface area contributed by atoms with E-state index in [1.54, 1.807) is 39.2 Å². The number of nitrogens with zero attached hydrogens (tertiary/aromatic N) is 5. The van der Waals surface area contributed by atoms with Crippen LogP contribution in [-0.4, -0.2) is 43.5 Å². The predicted octanol–water partition coefficient (Wildman–Crippen LogP) is 4.01. The van der Waals surface area contributed by atoms with Crippen LogP contribution in [0.3, 0.4) is 0 Å². The number of nitrogens with two attached hydrogens (primary N) is 1. The van der Waals surface area contributed by atoms with Crippen LogP contribution in [0.25, 0.3) is 22.2 Å². The lowest BCUT2D eigenvalue weighted by atomic mass is 10.1. The second-order valence-electron chi connectivity index (χ2n) is 7.97. The van der Waals surface area contributed by atoms with Crippen molar-refractivity contribution in [2.24, 2.45) is 0 Å². The van der Waals surface area contributed by atoms with Crippen molar-refractivity contribution in [1.82, 2.24) is 24.7 Å². The molecular formula is C22H23N7O3. The molecule has 4 rings (SSSR count). The maximum Gasteiger partial charge on any atom is 0.435 e. The lowest BCUT2D eigenvalue weighted by Gasteiger charge is -2.19. The molecule has 0 saturated carbocycles. The summed E-state index contributed by atoms with van der Waals surface area (Å²) in [4.78, 5) is 25.3. The molecule has 0 amide bonds. The molecule has 1 aromatic carbocycles. The van der Waals surface area contributed by atoms with Crippen LogP contribution in [0.2, 0.25) is 0 Å². The highest BCUT2D eigenvalue weighted by Gasteiger charge is 2.22.